The van der Waals surface area contributed by atoms with Gasteiger partial charge in [-0.25, -0.2) is 4.98 Å². The summed E-state index contributed by atoms with van der Waals surface area (Å²) in [5.41, 5.74) is 1.84. The van der Waals surface area contributed by atoms with Gasteiger partial charge in [0.25, 0.3) is 5.78 Å². The van der Waals surface area contributed by atoms with Gasteiger partial charge in [0.15, 0.2) is 0 Å². The number of carbonyl (C=O) groups is 2. The largest absolute Gasteiger partial charge is 0.507 e. The zero-order valence-corrected chi connectivity index (χ0v) is 16.3. The number of nitrogens with zero attached hydrogens (tertiary/aromatic N) is 2. The lowest BCUT2D eigenvalue weighted by atomic mass is 9.95. The molecule has 0 radical (unpaired) electrons. The summed E-state index contributed by atoms with van der Waals surface area (Å²) in [6.07, 6.45) is 0. The maximum atomic E-state index is 13.0. The number of carbonyl (C=O) groups excluding carboxylic acids is 2. The van der Waals surface area contributed by atoms with Crippen LogP contribution < -0.4 is 4.90 Å². The third kappa shape index (κ3) is 3.41. The van der Waals surface area contributed by atoms with Crippen LogP contribution in [0.15, 0.2) is 78.4 Å². The van der Waals surface area contributed by atoms with Crippen LogP contribution >= 0.6 is 11.6 Å². The van der Waals surface area contributed by atoms with E-state index in [1.807, 2.05) is 6.07 Å². The Morgan fingerprint density at radius 1 is 0.966 bits per heavy atom. The average molecular weight is 405 g/mol. The van der Waals surface area contributed by atoms with E-state index in [0.717, 1.165) is 0 Å². The molecule has 3 aromatic rings. The molecule has 4 rings (SSSR count). The van der Waals surface area contributed by atoms with Gasteiger partial charge in [0.05, 0.1) is 11.6 Å². The zero-order chi connectivity index (χ0) is 20.5. The molecule has 2 heterocycles. The van der Waals surface area contributed by atoms with Crippen molar-refractivity contribution >= 4 is 34.9 Å². The third-order valence-corrected chi connectivity index (χ3v) is 5.05. The first-order valence-corrected chi connectivity index (χ1v) is 9.40. The fourth-order valence-corrected chi connectivity index (χ4v) is 3.57. The standard InChI is InChI=1S/C23H17ClN2O3/c1-14-6-5-9-18(25-14)26-20(15-10-12-17(24)13-11-15)19(22(28)23(26)29)21(27)16-7-3-2-4-8-16/h2-13,20,27H,1H3/t20-/m1/s1. The van der Waals surface area contributed by atoms with Crippen LogP contribution in [0.1, 0.15) is 22.9 Å². The summed E-state index contributed by atoms with van der Waals surface area (Å²) in [5.74, 6) is -1.37. The molecule has 1 aliphatic rings. The van der Waals surface area contributed by atoms with Crippen molar-refractivity contribution in [3.63, 3.8) is 0 Å². The van der Waals surface area contributed by atoms with Crippen LogP contribution in [0.25, 0.3) is 5.76 Å². The van der Waals surface area contributed by atoms with Crippen molar-refractivity contribution in [1.82, 2.24) is 4.98 Å². The number of ketones is 1. The molecule has 1 aromatic heterocycles. The molecular formula is C23H17ClN2O3. The number of pyridine rings is 1. The molecule has 1 N–H and O–H groups in total. The summed E-state index contributed by atoms with van der Waals surface area (Å²) < 4.78 is 0. The second kappa shape index (κ2) is 7.53. The van der Waals surface area contributed by atoms with E-state index in [1.165, 1.54) is 4.90 Å². The maximum absolute atomic E-state index is 13.0. The first kappa shape index (κ1) is 18.9. The quantitative estimate of drug-likeness (QED) is 0.391. The van der Waals surface area contributed by atoms with Crippen molar-refractivity contribution in [2.45, 2.75) is 13.0 Å². The number of hydrogen-bond acceptors (Lipinski definition) is 4. The number of halogens is 1. The fraction of sp³-hybridized carbons (Fsp3) is 0.0870. The van der Waals surface area contributed by atoms with Gasteiger partial charge < -0.3 is 5.11 Å². The van der Waals surface area contributed by atoms with E-state index < -0.39 is 17.7 Å². The first-order chi connectivity index (χ1) is 14.0. The highest BCUT2D eigenvalue weighted by Crippen LogP contribution is 2.41. The van der Waals surface area contributed by atoms with Crippen LogP contribution in [0.3, 0.4) is 0 Å². The van der Waals surface area contributed by atoms with Gasteiger partial charge in [0.2, 0.25) is 0 Å². The molecule has 1 atom stereocenters. The number of aryl methyl sites for hydroxylation is 1. The molecule has 0 saturated carbocycles. The Balaban J connectivity index is 1.96. The summed E-state index contributed by atoms with van der Waals surface area (Å²) in [6, 6.07) is 20.0. The summed E-state index contributed by atoms with van der Waals surface area (Å²) in [6.45, 7) is 1.81. The van der Waals surface area contributed by atoms with E-state index in [9.17, 15) is 14.7 Å². The molecule has 0 unspecified atom stereocenters. The zero-order valence-electron chi connectivity index (χ0n) is 15.5. The number of aliphatic hydroxyl groups is 1. The van der Waals surface area contributed by atoms with Gasteiger partial charge in [-0.15, -0.1) is 0 Å². The van der Waals surface area contributed by atoms with Crippen LogP contribution in [0.2, 0.25) is 5.02 Å². The van der Waals surface area contributed by atoms with Gasteiger partial charge in [-0.2, -0.15) is 0 Å². The SMILES string of the molecule is Cc1cccc(N2C(=O)C(=O)C(=C(O)c3ccccc3)[C@H]2c2ccc(Cl)cc2)n1. The Kier molecular flexibility index (Phi) is 4.91. The van der Waals surface area contributed by atoms with Crippen molar-refractivity contribution < 1.29 is 14.7 Å². The molecular weight excluding hydrogens is 388 g/mol. The van der Waals surface area contributed by atoms with Crippen LogP contribution in [0.5, 0.6) is 0 Å². The Morgan fingerprint density at radius 2 is 1.66 bits per heavy atom. The van der Waals surface area contributed by atoms with Gasteiger partial charge in [-0.3, -0.25) is 14.5 Å². The van der Waals surface area contributed by atoms with Gasteiger partial charge in [-0.05, 0) is 36.8 Å². The highest BCUT2D eigenvalue weighted by Gasteiger charge is 2.47. The van der Waals surface area contributed by atoms with E-state index in [2.05, 4.69) is 4.98 Å². The molecule has 0 spiro atoms. The van der Waals surface area contributed by atoms with Crippen LogP contribution in [-0.2, 0) is 9.59 Å². The van der Waals surface area contributed by atoms with Crippen LogP contribution in [0.4, 0.5) is 5.82 Å². The van der Waals surface area contributed by atoms with Gasteiger partial charge in [0.1, 0.15) is 11.6 Å². The minimum absolute atomic E-state index is 0.0202. The molecule has 1 fully saturated rings. The highest BCUT2D eigenvalue weighted by molar-refractivity contribution is 6.51. The molecule has 29 heavy (non-hydrogen) atoms. The van der Waals surface area contributed by atoms with Crippen LogP contribution in [-0.4, -0.2) is 21.8 Å². The van der Waals surface area contributed by atoms with Crippen molar-refractivity contribution in [2.24, 2.45) is 0 Å². The maximum Gasteiger partial charge on any atom is 0.301 e. The molecule has 0 bridgehead atoms. The molecule has 5 nitrogen and oxygen atoms in total. The van der Waals surface area contributed by atoms with Gasteiger partial charge >= 0.3 is 5.91 Å². The minimum atomic E-state index is -0.818. The first-order valence-electron chi connectivity index (χ1n) is 9.03. The molecule has 1 aliphatic heterocycles. The average Bonchev–Trinajstić information content (AvgIpc) is 2.99. The number of aliphatic hydroxyl groups excluding tert-OH is 1. The summed E-state index contributed by atoms with van der Waals surface area (Å²) in [7, 11) is 0. The number of amides is 1. The number of aromatic nitrogens is 1. The molecule has 0 aliphatic carbocycles. The summed E-state index contributed by atoms with van der Waals surface area (Å²) in [5, 5.41) is 11.5. The molecule has 2 aromatic carbocycles. The predicted octanol–water partition coefficient (Wildman–Crippen LogP) is 4.67. The normalized spacial score (nSPS) is 18.3. The Labute approximate surface area is 172 Å². The predicted molar refractivity (Wildman–Crippen MR) is 112 cm³/mol. The van der Waals surface area contributed by atoms with E-state index >= 15 is 0 Å². The van der Waals surface area contributed by atoms with Gasteiger partial charge in [-0.1, -0.05) is 60.1 Å². The summed E-state index contributed by atoms with van der Waals surface area (Å²) >= 11 is 6.02. The van der Waals surface area contributed by atoms with E-state index in [4.69, 9.17) is 11.6 Å². The monoisotopic (exact) mass is 404 g/mol. The molecule has 1 saturated heterocycles. The topological polar surface area (TPSA) is 70.5 Å². The lowest BCUT2D eigenvalue weighted by Crippen LogP contribution is -2.30. The minimum Gasteiger partial charge on any atom is -0.507 e. The Hall–Kier alpha value is -3.44. The number of benzene rings is 2. The number of anilines is 1. The van der Waals surface area contributed by atoms with Crippen molar-refractivity contribution in [2.75, 3.05) is 4.90 Å². The Bertz CT molecular complexity index is 1120. The van der Waals surface area contributed by atoms with E-state index in [0.29, 0.717) is 27.7 Å². The summed E-state index contributed by atoms with van der Waals surface area (Å²) in [4.78, 5) is 31.7. The van der Waals surface area contributed by atoms with Crippen LogP contribution in [0, 0.1) is 6.92 Å². The molecule has 1 amide bonds. The van der Waals surface area contributed by atoms with Gasteiger partial charge in [0, 0.05) is 16.3 Å². The second-order valence-corrected chi connectivity index (χ2v) is 7.16. The third-order valence-electron chi connectivity index (χ3n) is 4.80. The van der Waals surface area contributed by atoms with E-state index in [-0.39, 0.29) is 11.3 Å². The molecule has 144 valence electrons. The number of rotatable bonds is 3. The second-order valence-electron chi connectivity index (χ2n) is 6.72. The van der Waals surface area contributed by atoms with Crippen molar-refractivity contribution in [3.05, 3.63) is 100 Å². The highest BCUT2D eigenvalue weighted by atomic mass is 35.5. The smallest absolute Gasteiger partial charge is 0.301 e. The van der Waals surface area contributed by atoms with Crippen molar-refractivity contribution in [3.8, 4) is 0 Å². The number of hydrogen-bond donors (Lipinski definition) is 1. The lowest BCUT2D eigenvalue weighted by Gasteiger charge is -2.24. The number of Topliss-reactive ketones (excluding diaryl/α,β-unsaturated/α-hetero) is 1. The van der Waals surface area contributed by atoms with Crippen molar-refractivity contribution in [1.29, 1.82) is 0 Å². The fourth-order valence-electron chi connectivity index (χ4n) is 3.44. The molecule has 6 heteroatoms. The Morgan fingerprint density at radius 3 is 2.31 bits per heavy atom. The lowest BCUT2D eigenvalue weighted by molar-refractivity contribution is -0.132. The van der Waals surface area contributed by atoms with E-state index in [1.54, 1.807) is 73.7 Å².